The van der Waals surface area contributed by atoms with Gasteiger partial charge >= 0.3 is 7.60 Å². The van der Waals surface area contributed by atoms with Crippen LogP contribution in [0, 0.1) is 0 Å². The van der Waals surface area contributed by atoms with Crippen molar-refractivity contribution in [1.82, 2.24) is 0 Å². The molecule has 0 amide bonds. The second-order valence-electron chi connectivity index (χ2n) is 1.25. The molecule has 0 radical (unpaired) electrons. The van der Waals surface area contributed by atoms with Crippen LogP contribution >= 0.6 is 30.8 Å². The molecule has 0 N–H and O–H groups in total. The zero-order valence-electron chi connectivity index (χ0n) is 4.84. The average molecular weight is 193 g/mol. The van der Waals surface area contributed by atoms with Gasteiger partial charge in [0.05, 0.1) is 0 Å². The molecule has 0 unspecified atom stereocenters. The van der Waals surface area contributed by atoms with Crippen molar-refractivity contribution in [2.75, 3.05) is 18.8 Å². The zero-order valence-corrected chi connectivity index (χ0v) is 7.25. The fourth-order valence-corrected chi connectivity index (χ4v) is 1.71. The summed E-state index contributed by atoms with van der Waals surface area (Å²) in [4.78, 5) is 0. The summed E-state index contributed by atoms with van der Waals surface area (Å²) in [7, 11) is -2.96. The van der Waals surface area contributed by atoms with Crippen LogP contribution in [0.3, 0.4) is 0 Å². The van der Waals surface area contributed by atoms with Gasteiger partial charge in [-0.2, -0.15) is 0 Å². The van der Waals surface area contributed by atoms with Gasteiger partial charge in [-0.05, 0) is 0 Å². The Morgan fingerprint density at radius 3 is 1.89 bits per heavy atom. The molecular weight excluding hydrogens is 186 g/mol. The van der Waals surface area contributed by atoms with Crippen LogP contribution in [0.25, 0.3) is 0 Å². The fraction of sp³-hybridized carbons (Fsp3) is 1.00. The van der Waals surface area contributed by atoms with Gasteiger partial charge in [0.15, 0.2) is 0 Å². The lowest BCUT2D eigenvalue weighted by Gasteiger charge is -2.08. The van der Waals surface area contributed by atoms with Crippen molar-refractivity contribution in [3.05, 3.63) is 0 Å². The highest BCUT2D eigenvalue weighted by Crippen LogP contribution is 2.43. The molecule has 0 aromatic carbocycles. The molecule has 0 aliphatic rings. The predicted octanol–water partition coefficient (Wildman–Crippen LogP) is 2.24. The van der Waals surface area contributed by atoms with Crippen molar-refractivity contribution in [3.8, 4) is 0 Å². The maximum atomic E-state index is 10.8. The summed E-state index contributed by atoms with van der Waals surface area (Å²) < 4.78 is 19.8. The lowest BCUT2D eigenvalue weighted by molar-refractivity contribution is 0.261. The minimum absolute atomic E-state index is 0.148. The highest BCUT2D eigenvalue weighted by atomic mass is 35.5. The summed E-state index contributed by atoms with van der Waals surface area (Å²) in [6.07, 6.45) is 0. The molecule has 0 aromatic heterocycles. The third-order valence-electron chi connectivity index (χ3n) is 0.567. The lowest BCUT2D eigenvalue weighted by Crippen LogP contribution is -1.89. The Bertz CT molecular complexity index is 108. The number of hydrogen-bond acceptors (Lipinski definition) is 3. The number of alkyl halides is 2. The Balaban J connectivity index is 3.58. The SMILES string of the molecule is CP(=O)(OCCl)OCCl. The molecule has 0 saturated carbocycles. The van der Waals surface area contributed by atoms with Crippen LogP contribution < -0.4 is 0 Å². The molecule has 0 spiro atoms. The van der Waals surface area contributed by atoms with E-state index in [-0.39, 0.29) is 12.1 Å². The van der Waals surface area contributed by atoms with E-state index in [9.17, 15) is 4.57 Å². The van der Waals surface area contributed by atoms with Gasteiger partial charge in [0, 0.05) is 6.66 Å². The van der Waals surface area contributed by atoms with Gasteiger partial charge < -0.3 is 0 Å². The van der Waals surface area contributed by atoms with Crippen LogP contribution in [-0.2, 0) is 13.6 Å². The summed E-state index contributed by atoms with van der Waals surface area (Å²) in [5, 5.41) is 0. The molecule has 0 aliphatic heterocycles. The van der Waals surface area contributed by atoms with Crippen molar-refractivity contribution in [1.29, 1.82) is 0 Å². The lowest BCUT2D eigenvalue weighted by atomic mass is 11.7. The first kappa shape index (κ1) is 9.73. The Labute approximate surface area is 63.8 Å². The van der Waals surface area contributed by atoms with Crippen LogP contribution in [0.5, 0.6) is 0 Å². The summed E-state index contributed by atoms with van der Waals surface area (Å²) in [5.41, 5.74) is 0. The summed E-state index contributed by atoms with van der Waals surface area (Å²) in [6, 6.07) is -0.296. The van der Waals surface area contributed by atoms with Gasteiger partial charge in [0.1, 0.15) is 12.1 Å². The van der Waals surface area contributed by atoms with E-state index in [1.54, 1.807) is 0 Å². The first-order chi connectivity index (χ1) is 4.12. The van der Waals surface area contributed by atoms with E-state index in [1.807, 2.05) is 0 Å². The van der Waals surface area contributed by atoms with Crippen molar-refractivity contribution in [3.63, 3.8) is 0 Å². The number of rotatable bonds is 4. The Hall–Kier alpha value is 0.730. The van der Waals surface area contributed by atoms with E-state index in [4.69, 9.17) is 23.2 Å². The molecule has 56 valence electrons. The normalized spacial score (nSPS) is 11.9. The average Bonchev–Trinajstić information content (AvgIpc) is 1.64. The topological polar surface area (TPSA) is 35.5 Å². The Kier molecular flexibility index (Phi) is 4.90. The number of hydrogen-bond donors (Lipinski definition) is 0. The molecule has 0 heterocycles. The van der Waals surface area contributed by atoms with Crippen molar-refractivity contribution in [2.24, 2.45) is 0 Å². The fourth-order valence-electron chi connectivity index (χ4n) is 0.215. The first-order valence-electron chi connectivity index (χ1n) is 2.11. The van der Waals surface area contributed by atoms with E-state index in [1.165, 1.54) is 6.66 Å². The Morgan fingerprint density at radius 2 is 1.67 bits per heavy atom. The van der Waals surface area contributed by atoms with Crippen molar-refractivity contribution < 1.29 is 13.6 Å². The predicted molar refractivity (Wildman–Crippen MR) is 37.1 cm³/mol. The van der Waals surface area contributed by atoms with E-state index in [2.05, 4.69) is 9.05 Å². The molecule has 0 saturated heterocycles. The van der Waals surface area contributed by atoms with Gasteiger partial charge in [-0.15, -0.1) is 0 Å². The highest BCUT2D eigenvalue weighted by molar-refractivity contribution is 7.53. The maximum Gasteiger partial charge on any atom is 0.329 e. The molecule has 0 fully saturated rings. The van der Waals surface area contributed by atoms with Crippen LogP contribution in [0.15, 0.2) is 0 Å². The molecule has 3 nitrogen and oxygen atoms in total. The molecular formula is C3H7Cl2O3P. The van der Waals surface area contributed by atoms with Crippen LogP contribution in [0.1, 0.15) is 0 Å². The maximum absolute atomic E-state index is 10.8. The van der Waals surface area contributed by atoms with Gasteiger partial charge in [-0.1, -0.05) is 23.2 Å². The smallest absolute Gasteiger partial charge is 0.293 e. The second-order valence-corrected chi connectivity index (χ2v) is 3.74. The van der Waals surface area contributed by atoms with E-state index in [0.717, 1.165) is 0 Å². The monoisotopic (exact) mass is 192 g/mol. The summed E-state index contributed by atoms with van der Waals surface area (Å²) in [6.45, 7) is 1.30. The largest absolute Gasteiger partial charge is 0.329 e. The van der Waals surface area contributed by atoms with Gasteiger partial charge in [0.25, 0.3) is 0 Å². The molecule has 0 aliphatic carbocycles. The Morgan fingerprint density at radius 1 is 1.33 bits per heavy atom. The third kappa shape index (κ3) is 5.19. The molecule has 6 heteroatoms. The number of halogens is 2. The molecule has 9 heavy (non-hydrogen) atoms. The van der Waals surface area contributed by atoms with E-state index in [0.29, 0.717) is 0 Å². The molecule has 0 aromatic rings. The van der Waals surface area contributed by atoms with E-state index < -0.39 is 7.60 Å². The molecule has 0 bridgehead atoms. The first-order valence-corrected chi connectivity index (χ1v) is 5.17. The second kappa shape index (κ2) is 4.53. The third-order valence-corrected chi connectivity index (χ3v) is 2.29. The van der Waals surface area contributed by atoms with Crippen LogP contribution in [0.4, 0.5) is 0 Å². The van der Waals surface area contributed by atoms with E-state index >= 15 is 0 Å². The zero-order chi connectivity index (χ0) is 7.33. The summed E-state index contributed by atoms with van der Waals surface area (Å²) in [5.74, 6) is 0. The minimum Gasteiger partial charge on any atom is -0.293 e. The van der Waals surface area contributed by atoms with Crippen LogP contribution in [-0.4, -0.2) is 18.8 Å². The van der Waals surface area contributed by atoms with Crippen molar-refractivity contribution in [2.45, 2.75) is 0 Å². The van der Waals surface area contributed by atoms with Gasteiger partial charge in [-0.3, -0.25) is 13.6 Å². The van der Waals surface area contributed by atoms with Gasteiger partial charge in [0.2, 0.25) is 0 Å². The molecule has 0 rings (SSSR count). The standard InChI is InChI=1S/C3H7Cl2O3P/c1-9(6,7-2-4)8-3-5/h2-3H2,1H3. The minimum atomic E-state index is -2.96. The van der Waals surface area contributed by atoms with Crippen LogP contribution in [0.2, 0.25) is 0 Å². The van der Waals surface area contributed by atoms with Crippen molar-refractivity contribution >= 4 is 30.8 Å². The van der Waals surface area contributed by atoms with Gasteiger partial charge in [-0.25, -0.2) is 0 Å². The quantitative estimate of drug-likeness (QED) is 0.507. The molecule has 0 atom stereocenters. The highest BCUT2D eigenvalue weighted by Gasteiger charge is 2.14. The summed E-state index contributed by atoms with van der Waals surface area (Å²) >= 11 is 10.2.